The molecule has 1 nitrogen and oxygen atoms in total. The molecule has 0 radical (unpaired) electrons. The molecule has 1 aliphatic rings. The van der Waals surface area contributed by atoms with Gasteiger partial charge in [-0.2, -0.15) is 0 Å². The molecule has 11 heavy (non-hydrogen) atoms. The van der Waals surface area contributed by atoms with Crippen molar-refractivity contribution in [3.8, 4) is 0 Å². The fourth-order valence-corrected chi connectivity index (χ4v) is 2.39. The van der Waals surface area contributed by atoms with Crippen molar-refractivity contribution in [1.82, 2.24) is 0 Å². The Hall–Kier alpha value is -0.470. The van der Waals surface area contributed by atoms with Crippen LogP contribution in [0.15, 0.2) is 23.1 Å². The van der Waals surface area contributed by atoms with E-state index in [1.807, 2.05) is 17.8 Å². The molecular weight excluding hydrogens is 156 g/mol. The summed E-state index contributed by atoms with van der Waals surface area (Å²) in [5.74, 6) is 1.20. The molecule has 0 amide bonds. The van der Waals surface area contributed by atoms with E-state index in [1.54, 1.807) is 0 Å². The third-order valence-corrected chi connectivity index (χ3v) is 3.05. The number of hydrogen-bond acceptors (Lipinski definition) is 2. The van der Waals surface area contributed by atoms with Crippen LogP contribution in [-0.2, 0) is 13.0 Å². The summed E-state index contributed by atoms with van der Waals surface area (Å²) in [5, 5.41) is 8.86. The van der Waals surface area contributed by atoms with E-state index >= 15 is 0 Å². The summed E-state index contributed by atoms with van der Waals surface area (Å²) in [6.45, 7) is 0.165. The maximum absolute atomic E-state index is 8.86. The zero-order valence-electron chi connectivity index (χ0n) is 6.21. The Labute approximate surface area is 70.4 Å². The van der Waals surface area contributed by atoms with E-state index in [0.29, 0.717) is 0 Å². The molecule has 0 aliphatic carbocycles. The van der Waals surface area contributed by atoms with Gasteiger partial charge in [0, 0.05) is 10.6 Å². The first-order valence-electron chi connectivity index (χ1n) is 3.75. The quantitative estimate of drug-likeness (QED) is 0.686. The Balaban J connectivity index is 2.41. The number of aliphatic hydroxyl groups is 1. The van der Waals surface area contributed by atoms with Crippen molar-refractivity contribution in [2.24, 2.45) is 0 Å². The van der Waals surface area contributed by atoms with Crippen LogP contribution in [-0.4, -0.2) is 10.9 Å². The highest BCUT2D eigenvalue weighted by atomic mass is 32.2. The van der Waals surface area contributed by atoms with Gasteiger partial charge in [0.15, 0.2) is 0 Å². The van der Waals surface area contributed by atoms with Crippen LogP contribution in [0.25, 0.3) is 0 Å². The monoisotopic (exact) mass is 166 g/mol. The minimum absolute atomic E-state index is 0.165. The lowest BCUT2D eigenvalue weighted by molar-refractivity contribution is 0.281. The molecule has 1 aliphatic heterocycles. The van der Waals surface area contributed by atoms with Crippen molar-refractivity contribution < 1.29 is 5.11 Å². The first-order chi connectivity index (χ1) is 5.40. The summed E-state index contributed by atoms with van der Waals surface area (Å²) in [6.07, 6.45) is 1.16. The molecule has 1 N–H and O–H groups in total. The van der Waals surface area contributed by atoms with Crippen molar-refractivity contribution in [3.05, 3.63) is 29.3 Å². The van der Waals surface area contributed by atoms with Gasteiger partial charge in [-0.15, -0.1) is 11.8 Å². The molecule has 0 atom stereocenters. The number of benzene rings is 1. The smallest absolute Gasteiger partial charge is 0.0681 e. The van der Waals surface area contributed by atoms with Gasteiger partial charge in [0.2, 0.25) is 0 Å². The summed E-state index contributed by atoms with van der Waals surface area (Å²) in [6, 6.07) is 6.21. The number of aryl methyl sites for hydroxylation is 1. The Kier molecular flexibility index (Phi) is 1.88. The maximum Gasteiger partial charge on any atom is 0.0681 e. The molecule has 1 heterocycles. The van der Waals surface area contributed by atoms with E-state index < -0.39 is 0 Å². The fourth-order valence-electron chi connectivity index (χ4n) is 1.34. The van der Waals surface area contributed by atoms with E-state index in [-0.39, 0.29) is 6.61 Å². The maximum atomic E-state index is 8.86. The van der Waals surface area contributed by atoms with Crippen LogP contribution < -0.4 is 0 Å². The Morgan fingerprint density at radius 2 is 2.36 bits per heavy atom. The third-order valence-electron chi connectivity index (χ3n) is 1.94. The van der Waals surface area contributed by atoms with Gasteiger partial charge >= 0.3 is 0 Å². The van der Waals surface area contributed by atoms with Crippen molar-refractivity contribution >= 4 is 11.8 Å². The lowest BCUT2D eigenvalue weighted by Gasteiger charge is -1.99. The van der Waals surface area contributed by atoms with E-state index in [4.69, 9.17) is 5.11 Å². The molecule has 0 unspecified atom stereocenters. The molecule has 1 aromatic carbocycles. The second-order valence-electron chi connectivity index (χ2n) is 2.70. The molecule has 0 bridgehead atoms. The zero-order valence-corrected chi connectivity index (χ0v) is 7.03. The summed E-state index contributed by atoms with van der Waals surface area (Å²) in [4.78, 5) is 1.39. The second-order valence-corrected chi connectivity index (χ2v) is 3.84. The van der Waals surface area contributed by atoms with E-state index in [2.05, 4.69) is 12.1 Å². The van der Waals surface area contributed by atoms with E-state index in [1.165, 1.54) is 16.2 Å². The van der Waals surface area contributed by atoms with Crippen LogP contribution in [0, 0.1) is 0 Å². The van der Waals surface area contributed by atoms with Gasteiger partial charge in [-0.05, 0) is 23.6 Å². The number of thioether (sulfide) groups is 1. The van der Waals surface area contributed by atoms with Gasteiger partial charge in [0.05, 0.1) is 6.61 Å². The number of fused-ring (bicyclic) bond motifs is 1. The molecule has 0 aromatic heterocycles. The third kappa shape index (κ3) is 1.28. The average molecular weight is 166 g/mol. The van der Waals surface area contributed by atoms with E-state index in [0.717, 1.165) is 12.0 Å². The van der Waals surface area contributed by atoms with Gasteiger partial charge in [0.25, 0.3) is 0 Å². The van der Waals surface area contributed by atoms with Crippen molar-refractivity contribution in [2.45, 2.75) is 17.9 Å². The topological polar surface area (TPSA) is 20.2 Å². The molecule has 1 aromatic rings. The zero-order chi connectivity index (χ0) is 7.68. The van der Waals surface area contributed by atoms with Crippen LogP contribution in [0.1, 0.15) is 11.1 Å². The average Bonchev–Trinajstić information content (AvgIpc) is 2.50. The Morgan fingerprint density at radius 1 is 1.45 bits per heavy atom. The molecule has 0 fully saturated rings. The minimum Gasteiger partial charge on any atom is -0.392 e. The van der Waals surface area contributed by atoms with Gasteiger partial charge in [0.1, 0.15) is 0 Å². The Bertz CT molecular complexity index is 270. The van der Waals surface area contributed by atoms with Crippen molar-refractivity contribution in [3.63, 3.8) is 0 Å². The van der Waals surface area contributed by atoms with Gasteiger partial charge in [-0.1, -0.05) is 12.1 Å². The highest BCUT2D eigenvalue weighted by Gasteiger charge is 2.10. The van der Waals surface area contributed by atoms with Gasteiger partial charge in [-0.3, -0.25) is 0 Å². The molecular formula is C9H10OS. The van der Waals surface area contributed by atoms with Crippen LogP contribution >= 0.6 is 11.8 Å². The molecule has 58 valence electrons. The van der Waals surface area contributed by atoms with Crippen LogP contribution in [0.2, 0.25) is 0 Å². The SMILES string of the molecule is OCc1ccc2c(c1)CCS2. The molecule has 2 rings (SSSR count). The fraction of sp³-hybridized carbons (Fsp3) is 0.333. The van der Waals surface area contributed by atoms with Crippen molar-refractivity contribution in [1.29, 1.82) is 0 Å². The predicted molar refractivity (Wildman–Crippen MR) is 46.8 cm³/mol. The first-order valence-corrected chi connectivity index (χ1v) is 4.74. The molecule has 0 saturated heterocycles. The summed E-state index contributed by atoms with van der Waals surface area (Å²) in [5.41, 5.74) is 2.44. The van der Waals surface area contributed by atoms with Crippen LogP contribution in [0.4, 0.5) is 0 Å². The summed E-state index contributed by atoms with van der Waals surface area (Å²) < 4.78 is 0. The van der Waals surface area contributed by atoms with Crippen molar-refractivity contribution in [2.75, 3.05) is 5.75 Å². The number of hydrogen-bond donors (Lipinski definition) is 1. The highest BCUT2D eigenvalue weighted by Crippen LogP contribution is 2.31. The minimum atomic E-state index is 0.165. The summed E-state index contributed by atoms with van der Waals surface area (Å²) >= 11 is 1.91. The van der Waals surface area contributed by atoms with Crippen LogP contribution in [0.5, 0.6) is 0 Å². The second kappa shape index (κ2) is 2.88. The van der Waals surface area contributed by atoms with E-state index in [9.17, 15) is 0 Å². The molecule has 2 heteroatoms. The lowest BCUT2D eigenvalue weighted by Crippen LogP contribution is -1.86. The molecule has 0 saturated carbocycles. The van der Waals surface area contributed by atoms with Gasteiger partial charge in [-0.25, -0.2) is 0 Å². The number of aliphatic hydroxyl groups excluding tert-OH is 1. The lowest BCUT2D eigenvalue weighted by atomic mass is 10.1. The number of rotatable bonds is 1. The normalized spacial score (nSPS) is 15.0. The van der Waals surface area contributed by atoms with Gasteiger partial charge < -0.3 is 5.11 Å². The largest absolute Gasteiger partial charge is 0.392 e. The van der Waals surface area contributed by atoms with Crippen LogP contribution in [0.3, 0.4) is 0 Å². The first kappa shape index (κ1) is 7.19. The standard InChI is InChI=1S/C9H10OS/c10-6-7-1-2-9-8(5-7)3-4-11-9/h1-2,5,10H,3-4,6H2. The summed E-state index contributed by atoms with van der Waals surface area (Å²) in [7, 11) is 0. The predicted octanol–water partition coefficient (Wildman–Crippen LogP) is 1.83. The molecule has 0 spiro atoms. The highest BCUT2D eigenvalue weighted by molar-refractivity contribution is 7.99. The Morgan fingerprint density at radius 3 is 3.18 bits per heavy atom.